The molecule has 0 radical (unpaired) electrons. The Balaban J connectivity index is 4.53. The molecule has 0 aromatic rings. The van der Waals surface area contributed by atoms with Gasteiger partial charge in [0.25, 0.3) is 0 Å². The van der Waals surface area contributed by atoms with Crippen LogP contribution in [0.5, 0.6) is 0 Å². The summed E-state index contributed by atoms with van der Waals surface area (Å²) in [4.78, 5) is 0. The van der Waals surface area contributed by atoms with Crippen LogP contribution in [-0.4, -0.2) is 12.6 Å². The highest BCUT2D eigenvalue weighted by Crippen LogP contribution is 2.30. The first-order valence-electron chi connectivity index (χ1n) is 4.31. The van der Waals surface area contributed by atoms with Crippen molar-refractivity contribution in [3.05, 3.63) is 5.84 Å². The van der Waals surface area contributed by atoms with Gasteiger partial charge in [-0.15, -0.1) is 0 Å². The average molecular weight is 158 g/mol. The van der Waals surface area contributed by atoms with Gasteiger partial charge in [0.1, 0.15) is 0 Å². The van der Waals surface area contributed by atoms with Crippen molar-refractivity contribution in [3.63, 3.8) is 0 Å². The van der Waals surface area contributed by atoms with E-state index in [1.165, 1.54) is 0 Å². The molecule has 0 bridgehead atoms. The third-order valence-corrected chi connectivity index (χ3v) is 3.51. The Bertz CT molecular complexity index is 126. The lowest BCUT2D eigenvalue weighted by Gasteiger charge is -2.46. The quantitative estimate of drug-likeness (QED) is 0.605. The summed E-state index contributed by atoms with van der Waals surface area (Å²) in [6, 6.07) is 0. The van der Waals surface area contributed by atoms with Crippen LogP contribution in [0.4, 0.5) is 0 Å². The molecule has 2 heteroatoms. The first-order valence-corrected chi connectivity index (χ1v) is 4.31. The Morgan fingerprint density at radius 3 is 1.64 bits per heavy atom. The molecule has 0 aliphatic carbocycles. The van der Waals surface area contributed by atoms with Gasteiger partial charge < -0.3 is 10.9 Å². The molecule has 1 atom stereocenters. The number of rotatable bonds is 3. The van der Waals surface area contributed by atoms with E-state index in [-0.39, 0.29) is 11.0 Å². The Morgan fingerprint density at radius 2 is 1.55 bits per heavy atom. The zero-order chi connectivity index (χ0) is 9.28. The highest BCUT2D eigenvalue weighted by molar-refractivity contribution is 4.84. The second-order valence-corrected chi connectivity index (χ2v) is 4.49. The molecular formula is C9H22N2. The van der Waals surface area contributed by atoms with Crippen molar-refractivity contribution < 1.29 is 5.01 Å². The molecule has 0 rings (SSSR count). The molecule has 0 amide bonds. The van der Waals surface area contributed by atoms with Crippen molar-refractivity contribution in [1.82, 2.24) is 0 Å². The first kappa shape index (κ1) is 10.9. The molecule has 0 fully saturated rings. The van der Waals surface area contributed by atoms with Crippen molar-refractivity contribution in [2.45, 2.75) is 46.6 Å². The molecule has 0 saturated carbocycles. The molecule has 0 aromatic carbocycles. The molecular weight excluding hydrogens is 136 g/mol. The first-order chi connectivity index (χ1) is 4.75. The third-order valence-electron chi connectivity index (χ3n) is 3.51. The fraction of sp³-hybridized carbons (Fsp3) is 1.00. The van der Waals surface area contributed by atoms with Crippen molar-refractivity contribution in [2.24, 2.45) is 5.41 Å². The predicted octanol–water partition coefficient (Wildman–Crippen LogP) is 1.68. The molecule has 11 heavy (non-hydrogen) atoms. The maximum absolute atomic E-state index is 7.66. The molecule has 68 valence electrons. The van der Waals surface area contributed by atoms with Gasteiger partial charge in [-0.1, -0.05) is 20.8 Å². The monoisotopic (exact) mass is 158 g/mol. The van der Waals surface area contributed by atoms with E-state index in [0.29, 0.717) is 0 Å². The fourth-order valence-corrected chi connectivity index (χ4v) is 0.950. The summed E-state index contributed by atoms with van der Waals surface area (Å²) in [5.74, 6) is 7.66. The normalized spacial score (nSPS) is 16.6. The van der Waals surface area contributed by atoms with E-state index in [4.69, 9.17) is 5.84 Å². The van der Waals surface area contributed by atoms with Crippen molar-refractivity contribution >= 4 is 0 Å². The topological polar surface area (TPSA) is 28.2 Å². The summed E-state index contributed by atoms with van der Waals surface area (Å²) in [6.07, 6.45) is 1.12. The van der Waals surface area contributed by atoms with Gasteiger partial charge in [0.15, 0.2) is 0 Å². The van der Waals surface area contributed by atoms with Gasteiger partial charge in [0, 0.05) is 5.41 Å². The van der Waals surface area contributed by atoms with Gasteiger partial charge >= 0.3 is 0 Å². The number of hydrogen-bond donors (Lipinski definition) is 1. The lowest BCUT2D eigenvalue weighted by molar-refractivity contribution is -0.891. The lowest BCUT2D eigenvalue weighted by Crippen LogP contribution is -3.12. The second kappa shape index (κ2) is 3.11. The zero-order valence-corrected chi connectivity index (χ0v) is 8.71. The van der Waals surface area contributed by atoms with Crippen LogP contribution in [0.1, 0.15) is 41.0 Å². The fourth-order valence-electron chi connectivity index (χ4n) is 0.950. The molecule has 0 spiro atoms. The van der Waals surface area contributed by atoms with Gasteiger partial charge in [-0.05, 0) is 20.3 Å². The van der Waals surface area contributed by atoms with Crippen LogP contribution >= 0.6 is 0 Å². The van der Waals surface area contributed by atoms with Crippen LogP contribution in [-0.2, 0) is 0 Å². The summed E-state index contributed by atoms with van der Waals surface area (Å²) in [5.41, 5.74) is 0.264. The van der Waals surface area contributed by atoms with Crippen LogP contribution < -0.4 is 5.01 Å². The van der Waals surface area contributed by atoms with E-state index in [2.05, 4.69) is 34.6 Å². The lowest BCUT2D eigenvalue weighted by atomic mass is 9.72. The molecule has 2 nitrogen and oxygen atoms in total. The van der Waals surface area contributed by atoms with E-state index in [1.54, 1.807) is 0 Å². The highest BCUT2D eigenvalue weighted by Gasteiger charge is 2.39. The van der Waals surface area contributed by atoms with Gasteiger partial charge in [-0.2, -0.15) is 0 Å². The number of hydrogen-bond acceptors (Lipinski definition) is 0. The van der Waals surface area contributed by atoms with Crippen LogP contribution in [0.3, 0.4) is 0 Å². The summed E-state index contributed by atoms with van der Waals surface area (Å²) < 4.78 is 0. The maximum Gasteiger partial charge on any atom is 0.0880 e. The van der Waals surface area contributed by atoms with Crippen LogP contribution in [0.25, 0.3) is 5.84 Å². The maximum atomic E-state index is 7.66. The van der Waals surface area contributed by atoms with Gasteiger partial charge in [-0.25, -0.2) is 0 Å². The van der Waals surface area contributed by atoms with Gasteiger partial charge in [-0.3, -0.25) is 0 Å². The number of nitrogens with one attached hydrogen (secondary N) is 2. The molecule has 0 saturated heterocycles. The van der Waals surface area contributed by atoms with Crippen molar-refractivity contribution in [3.8, 4) is 0 Å². The van der Waals surface area contributed by atoms with Crippen LogP contribution in [0.15, 0.2) is 0 Å². The van der Waals surface area contributed by atoms with Gasteiger partial charge in [0.05, 0.1) is 12.6 Å². The predicted molar refractivity (Wildman–Crippen MR) is 49.4 cm³/mol. The van der Waals surface area contributed by atoms with Crippen molar-refractivity contribution in [1.29, 1.82) is 0 Å². The molecule has 0 heterocycles. The van der Waals surface area contributed by atoms with E-state index >= 15 is 0 Å². The van der Waals surface area contributed by atoms with E-state index in [1.807, 2.05) is 7.05 Å². The Kier molecular flexibility index (Phi) is 3.09. The average Bonchev–Trinajstić information content (AvgIpc) is 1.87. The summed E-state index contributed by atoms with van der Waals surface area (Å²) in [7, 11) is 1.90. The minimum Gasteiger partial charge on any atom is -0.469 e. The highest BCUT2D eigenvalue weighted by atomic mass is 15.4. The van der Waals surface area contributed by atoms with Gasteiger partial charge in [0.2, 0.25) is 0 Å². The molecule has 0 aliphatic rings. The Morgan fingerprint density at radius 1 is 1.18 bits per heavy atom. The van der Waals surface area contributed by atoms with Crippen LogP contribution in [0.2, 0.25) is 0 Å². The van der Waals surface area contributed by atoms with E-state index in [9.17, 15) is 0 Å². The van der Waals surface area contributed by atoms with E-state index in [0.717, 1.165) is 11.4 Å². The smallest absolute Gasteiger partial charge is 0.0880 e. The summed E-state index contributed by atoms with van der Waals surface area (Å²) in [5, 5.41) is 0.782. The largest absolute Gasteiger partial charge is 0.469 e. The summed E-state index contributed by atoms with van der Waals surface area (Å²) >= 11 is 0. The summed E-state index contributed by atoms with van der Waals surface area (Å²) in [6.45, 7) is 10.9. The molecule has 0 aliphatic heterocycles. The second-order valence-electron chi connectivity index (χ2n) is 4.49. The number of quaternary nitrogens is 1. The van der Waals surface area contributed by atoms with Crippen molar-refractivity contribution in [2.75, 3.05) is 7.05 Å². The Hall–Kier alpha value is -0.0800. The standard InChI is InChI=1S/C9H22N2/c1-7-8(2,3)9(4,5)11(6)10/h10-11H,7H2,1-6H3. The molecule has 1 unspecified atom stereocenters. The van der Waals surface area contributed by atoms with Crippen LogP contribution in [0, 0.1) is 5.41 Å². The minimum absolute atomic E-state index is 0.0295. The Labute approximate surface area is 70.7 Å². The zero-order valence-electron chi connectivity index (χ0n) is 8.71. The van der Waals surface area contributed by atoms with E-state index < -0.39 is 0 Å². The third kappa shape index (κ3) is 1.94. The molecule has 0 aromatic heterocycles. The minimum atomic E-state index is 0.0295. The molecule has 2 N–H and O–H groups in total. The SMILES string of the molecule is CCC(C)(C)C(C)(C)[NH+](C)[NH-].